The third kappa shape index (κ3) is 1.70. The maximum absolute atomic E-state index is 13.3. The van der Waals surface area contributed by atoms with Gasteiger partial charge in [-0.2, -0.15) is 5.26 Å². The summed E-state index contributed by atoms with van der Waals surface area (Å²) in [5.74, 6) is 2.57. The summed E-state index contributed by atoms with van der Waals surface area (Å²) >= 11 is 0. The van der Waals surface area contributed by atoms with Crippen LogP contribution in [-0.4, -0.2) is 27.3 Å². The Kier molecular flexibility index (Phi) is 2.27. The van der Waals surface area contributed by atoms with E-state index >= 15 is 0 Å². The number of nitriles is 1. The number of carbonyl (C=O) groups excluding carboxylic acids is 1. The van der Waals surface area contributed by atoms with Crippen molar-refractivity contribution in [2.45, 2.75) is 18.5 Å². The van der Waals surface area contributed by atoms with Crippen LogP contribution in [0, 0.1) is 23.7 Å². The Morgan fingerprint density at radius 3 is 3.00 bits per heavy atom. The summed E-state index contributed by atoms with van der Waals surface area (Å²) in [5.41, 5.74) is 3.34. The monoisotopic (exact) mass is 341 g/mol. The summed E-state index contributed by atoms with van der Waals surface area (Å²) in [7, 11) is 0. The van der Waals surface area contributed by atoms with Crippen LogP contribution in [0.5, 0.6) is 0 Å². The first-order valence-electron chi connectivity index (χ1n) is 9.70. The number of rotatable bonds is 0. The molecule has 2 aromatic carbocycles. The molecule has 0 fully saturated rings. The highest BCUT2D eigenvalue weighted by atomic mass is 16.2. The molecule has 0 aliphatic carbocycles. The van der Waals surface area contributed by atoms with Gasteiger partial charge in [-0.15, -0.1) is 6.42 Å². The average molecular weight is 341 g/mol. The van der Waals surface area contributed by atoms with Gasteiger partial charge in [-0.05, 0) is 30.3 Å². The topological polar surface area (TPSA) is 61.9 Å². The van der Waals surface area contributed by atoms with Crippen molar-refractivity contribution in [3.8, 4) is 18.4 Å². The van der Waals surface area contributed by atoms with Crippen LogP contribution in [0.25, 0.3) is 11.0 Å². The largest absolute Gasteiger partial charge is 0.331 e. The second-order valence-electron chi connectivity index (χ2n) is 6.51. The van der Waals surface area contributed by atoms with Crippen molar-refractivity contribution in [1.82, 2.24) is 14.5 Å². The van der Waals surface area contributed by atoms with Crippen molar-refractivity contribution in [1.29, 1.82) is 5.26 Å². The van der Waals surface area contributed by atoms with Gasteiger partial charge in [-0.3, -0.25) is 4.79 Å². The molecule has 2 bridgehead atoms. The zero-order valence-electron chi connectivity index (χ0n) is 16.6. The minimum atomic E-state index is -2.63. The van der Waals surface area contributed by atoms with E-state index in [0.717, 1.165) is 10.4 Å². The first-order chi connectivity index (χ1) is 13.8. The molecule has 0 saturated carbocycles. The standard InChI is InChI=1S/C21H14N4O/c1-3-13-5-4-6-14-19(13)17-10-18(24(2)21(14)26)20-23-15-8-7-12(11-22)9-16(15)25(17)20/h1,4-9,17-18H,10H2,2H3/t17-,18-/m1/s1/i2D3. The Morgan fingerprint density at radius 1 is 1.35 bits per heavy atom. The van der Waals surface area contributed by atoms with Crippen molar-refractivity contribution >= 4 is 16.9 Å². The van der Waals surface area contributed by atoms with E-state index in [0.29, 0.717) is 40.0 Å². The van der Waals surface area contributed by atoms with Crippen LogP contribution in [0.3, 0.4) is 0 Å². The molecule has 2 aliphatic heterocycles. The average Bonchev–Trinajstić information content (AvgIpc) is 3.19. The van der Waals surface area contributed by atoms with E-state index in [4.69, 9.17) is 10.5 Å². The van der Waals surface area contributed by atoms with Crippen LogP contribution < -0.4 is 0 Å². The molecule has 0 saturated heterocycles. The Bertz CT molecular complexity index is 1290. The molecule has 2 aliphatic rings. The highest BCUT2D eigenvalue weighted by Gasteiger charge is 2.44. The molecule has 124 valence electrons. The van der Waals surface area contributed by atoms with Crippen molar-refractivity contribution in [3.63, 3.8) is 0 Å². The van der Waals surface area contributed by atoms with E-state index in [1.54, 1.807) is 36.4 Å². The van der Waals surface area contributed by atoms with E-state index in [9.17, 15) is 10.1 Å². The summed E-state index contributed by atoms with van der Waals surface area (Å²) in [6, 6.07) is 11.3. The molecule has 0 N–H and O–H groups in total. The maximum Gasteiger partial charge on any atom is 0.254 e. The van der Waals surface area contributed by atoms with E-state index in [2.05, 4.69) is 17.0 Å². The van der Waals surface area contributed by atoms with E-state index in [-0.39, 0.29) is 6.04 Å². The number of nitrogens with zero attached hydrogens (tertiary/aromatic N) is 4. The fraction of sp³-hybridized carbons (Fsp3) is 0.190. The predicted molar refractivity (Wildman–Crippen MR) is 96.4 cm³/mol. The van der Waals surface area contributed by atoms with Crippen molar-refractivity contribution in [2.75, 3.05) is 6.98 Å². The minimum Gasteiger partial charge on any atom is -0.331 e. The van der Waals surface area contributed by atoms with Crippen LogP contribution >= 0.6 is 0 Å². The molecule has 2 atom stereocenters. The number of benzene rings is 2. The van der Waals surface area contributed by atoms with Gasteiger partial charge in [0.25, 0.3) is 5.91 Å². The summed E-state index contributed by atoms with van der Waals surface area (Å²) < 4.78 is 25.9. The van der Waals surface area contributed by atoms with Crippen LogP contribution in [-0.2, 0) is 0 Å². The number of hydrogen-bond donors (Lipinski definition) is 0. The third-order valence-electron chi connectivity index (χ3n) is 5.26. The minimum absolute atomic E-state index is 0.299. The van der Waals surface area contributed by atoms with Gasteiger partial charge in [0.15, 0.2) is 0 Å². The highest BCUT2D eigenvalue weighted by molar-refractivity contribution is 5.97. The molecular weight excluding hydrogens is 324 g/mol. The lowest BCUT2D eigenvalue weighted by molar-refractivity contribution is 0.0734. The second kappa shape index (κ2) is 4.97. The molecule has 26 heavy (non-hydrogen) atoms. The second-order valence-corrected chi connectivity index (χ2v) is 6.51. The van der Waals surface area contributed by atoms with Crippen molar-refractivity contribution in [3.05, 3.63) is 64.5 Å². The van der Waals surface area contributed by atoms with E-state index in [1.165, 1.54) is 0 Å². The van der Waals surface area contributed by atoms with Gasteiger partial charge < -0.3 is 9.47 Å². The van der Waals surface area contributed by atoms with Gasteiger partial charge in [-0.1, -0.05) is 12.0 Å². The predicted octanol–water partition coefficient (Wildman–Crippen LogP) is 3.01. The molecule has 5 rings (SSSR count). The number of fused-ring (bicyclic) bond motifs is 9. The van der Waals surface area contributed by atoms with Crippen LogP contribution in [0.4, 0.5) is 0 Å². The lowest BCUT2D eigenvalue weighted by Crippen LogP contribution is -2.30. The number of amides is 1. The number of aromatic nitrogens is 2. The van der Waals surface area contributed by atoms with E-state index in [1.807, 2.05) is 4.57 Å². The van der Waals surface area contributed by atoms with Gasteiger partial charge in [0.2, 0.25) is 0 Å². The van der Waals surface area contributed by atoms with E-state index < -0.39 is 18.9 Å². The smallest absolute Gasteiger partial charge is 0.254 e. The van der Waals surface area contributed by atoms with Crippen LogP contribution in [0.1, 0.15) is 55.5 Å². The summed E-state index contributed by atoms with van der Waals surface area (Å²) in [6.45, 7) is -2.63. The van der Waals surface area contributed by atoms with Gasteiger partial charge in [0.1, 0.15) is 5.82 Å². The first kappa shape index (κ1) is 11.9. The van der Waals surface area contributed by atoms with Gasteiger partial charge in [0, 0.05) is 34.2 Å². The van der Waals surface area contributed by atoms with Crippen LogP contribution in [0.2, 0.25) is 0 Å². The molecule has 0 unspecified atom stereocenters. The molecular formula is C21H14N4O. The molecule has 3 heterocycles. The third-order valence-corrected chi connectivity index (χ3v) is 5.26. The molecule has 5 nitrogen and oxygen atoms in total. The van der Waals surface area contributed by atoms with Crippen molar-refractivity contribution < 1.29 is 8.91 Å². The first-order valence-corrected chi connectivity index (χ1v) is 8.20. The maximum atomic E-state index is 13.3. The molecule has 1 aromatic heterocycles. The zero-order valence-corrected chi connectivity index (χ0v) is 13.6. The SMILES string of the molecule is [2H]C([2H])([2H])N1C(=O)c2cccc(C#C)c2[C@H]2C[C@@H]1c1nc3ccc(C#N)cc3n12. The number of hydrogen-bond acceptors (Lipinski definition) is 3. The molecule has 0 spiro atoms. The molecule has 5 heteroatoms. The summed E-state index contributed by atoms with van der Waals surface area (Å²) in [5, 5.41) is 9.31. The van der Waals surface area contributed by atoms with Crippen molar-refractivity contribution in [2.24, 2.45) is 0 Å². The molecule has 1 amide bonds. The van der Waals surface area contributed by atoms with Crippen LogP contribution in [0.15, 0.2) is 36.4 Å². The fourth-order valence-electron chi connectivity index (χ4n) is 4.14. The highest BCUT2D eigenvalue weighted by Crippen LogP contribution is 2.48. The number of imidazole rings is 1. The van der Waals surface area contributed by atoms with Gasteiger partial charge in [-0.25, -0.2) is 4.98 Å². The Balaban J connectivity index is 1.90. The Labute approximate surface area is 154 Å². The number of carbonyl (C=O) groups is 1. The molecule has 3 aromatic rings. The van der Waals surface area contributed by atoms with Gasteiger partial charge in [0.05, 0.1) is 34.7 Å². The summed E-state index contributed by atoms with van der Waals surface area (Å²) in [6.07, 6.45) is 6.09. The zero-order chi connectivity index (χ0) is 20.5. The Morgan fingerprint density at radius 2 is 2.23 bits per heavy atom. The lowest BCUT2D eigenvalue weighted by atomic mass is 9.94. The number of terminal acetylenes is 1. The normalized spacial score (nSPS) is 22.5. The van der Waals surface area contributed by atoms with Gasteiger partial charge >= 0.3 is 0 Å². The molecule has 0 radical (unpaired) electrons. The Hall–Kier alpha value is -3.57. The quantitative estimate of drug-likeness (QED) is 0.591. The lowest BCUT2D eigenvalue weighted by Gasteiger charge is -2.24. The summed E-state index contributed by atoms with van der Waals surface area (Å²) in [4.78, 5) is 18.9. The fourth-order valence-corrected chi connectivity index (χ4v) is 4.14.